The number of fused-ring (bicyclic) bond motifs is 1. The van der Waals surface area contributed by atoms with Crippen LogP contribution in [0.3, 0.4) is 0 Å². The first kappa shape index (κ1) is 23.5. The topological polar surface area (TPSA) is 84.4 Å². The number of aromatic nitrogens is 1. The number of aryl methyl sites for hydroxylation is 1. The number of nitrogens with two attached hydrogens (primary N) is 1. The monoisotopic (exact) mass is 455 g/mol. The van der Waals surface area contributed by atoms with E-state index < -0.39 is 5.91 Å². The quantitative estimate of drug-likeness (QED) is 0.355. The number of rotatable bonds is 7. The van der Waals surface area contributed by atoms with Crippen LogP contribution in [0.4, 0.5) is 0 Å². The summed E-state index contributed by atoms with van der Waals surface area (Å²) in [5.41, 5.74) is 11.9. The van der Waals surface area contributed by atoms with Crippen LogP contribution < -0.4 is 16.4 Å². The highest BCUT2D eigenvalue weighted by Crippen LogP contribution is 2.26. The van der Waals surface area contributed by atoms with Gasteiger partial charge in [0.15, 0.2) is 0 Å². The maximum atomic E-state index is 12.0. The summed E-state index contributed by atoms with van der Waals surface area (Å²) in [4.78, 5) is 17.1. The molecular weight excluding hydrogens is 422 g/mol. The summed E-state index contributed by atoms with van der Waals surface area (Å²) in [6.07, 6.45) is 3.93. The van der Waals surface area contributed by atoms with Gasteiger partial charge in [-0.05, 0) is 68.6 Å². The van der Waals surface area contributed by atoms with Crippen molar-refractivity contribution in [2.24, 2.45) is 10.7 Å². The minimum Gasteiger partial charge on any atom is -0.366 e. The number of benzene rings is 2. The van der Waals surface area contributed by atoms with Crippen LogP contribution in [-0.2, 0) is 6.54 Å². The zero-order valence-electron chi connectivity index (χ0n) is 20.2. The molecule has 1 amide bonds. The zero-order chi connectivity index (χ0) is 24.1. The van der Waals surface area contributed by atoms with Crippen LogP contribution >= 0.6 is 0 Å². The molecule has 0 fully saturated rings. The fourth-order valence-corrected chi connectivity index (χ4v) is 4.50. The number of hydrogen-bond donors (Lipinski definition) is 3. The highest BCUT2D eigenvalue weighted by molar-refractivity contribution is 6.07. The number of nitrogens with one attached hydrogen (secondary N) is 2. The molecule has 0 unspecified atom stereocenters. The number of nitrogens with zero attached hydrogens (tertiary/aromatic N) is 2. The van der Waals surface area contributed by atoms with Crippen LogP contribution in [0, 0.1) is 6.92 Å². The number of allylic oxidation sites excluding steroid dienone is 1. The largest absolute Gasteiger partial charge is 0.366 e. The third-order valence-electron chi connectivity index (χ3n) is 6.19. The van der Waals surface area contributed by atoms with Gasteiger partial charge < -0.3 is 20.9 Å². The van der Waals surface area contributed by atoms with Gasteiger partial charge in [-0.25, -0.2) is 0 Å². The average molecular weight is 456 g/mol. The van der Waals surface area contributed by atoms with Crippen LogP contribution in [0.25, 0.3) is 16.7 Å². The van der Waals surface area contributed by atoms with Gasteiger partial charge >= 0.3 is 0 Å². The van der Waals surface area contributed by atoms with Crippen molar-refractivity contribution < 1.29 is 4.79 Å². The Morgan fingerprint density at radius 2 is 1.97 bits per heavy atom. The third-order valence-corrected chi connectivity index (χ3v) is 6.19. The van der Waals surface area contributed by atoms with Crippen molar-refractivity contribution in [3.05, 3.63) is 88.6 Å². The summed E-state index contributed by atoms with van der Waals surface area (Å²) in [5.74, 6) is 1.41. The van der Waals surface area contributed by atoms with Crippen molar-refractivity contribution in [1.82, 2.24) is 15.2 Å². The predicted octanol–water partition coefficient (Wildman–Crippen LogP) is 4.76. The average Bonchev–Trinajstić information content (AvgIpc) is 3.17. The first-order chi connectivity index (χ1) is 16.5. The molecular formula is C28H33N5O. The molecule has 3 aromatic rings. The predicted molar refractivity (Wildman–Crippen MR) is 141 cm³/mol. The smallest absolute Gasteiger partial charge is 0.249 e. The number of amides is 1. The van der Waals surface area contributed by atoms with E-state index in [-0.39, 0.29) is 0 Å². The molecule has 2 heterocycles. The standard InChI is InChI=1S/C28H33N5O/c1-4-9-26(33-20(3)16-24-23(27(29)34)12-8-13-25(24)33)32-28(22-14-15-30-17-19(22)2)31-18-21-10-6-5-7-11-21/h5-13,16,30H,4,14-15,17-18H2,1-3H3,(H2,29,34)(H,31,32)/b26-9-. The molecule has 1 aliphatic heterocycles. The fraction of sp³-hybridized carbons (Fsp3) is 0.286. The van der Waals surface area contributed by atoms with Crippen molar-refractivity contribution in [1.29, 1.82) is 0 Å². The Hall–Kier alpha value is -3.64. The Morgan fingerprint density at radius 3 is 2.68 bits per heavy atom. The van der Waals surface area contributed by atoms with E-state index in [9.17, 15) is 4.79 Å². The summed E-state index contributed by atoms with van der Waals surface area (Å²) in [6.45, 7) is 8.73. The van der Waals surface area contributed by atoms with Gasteiger partial charge in [0.1, 0.15) is 11.7 Å². The Morgan fingerprint density at radius 1 is 1.18 bits per heavy atom. The first-order valence-electron chi connectivity index (χ1n) is 11.9. The lowest BCUT2D eigenvalue weighted by atomic mass is 10.0. The molecule has 0 atom stereocenters. The Kier molecular flexibility index (Phi) is 7.28. The van der Waals surface area contributed by atoms with Gasteiger partial charge in [-0.15, -0.1) is 0 Å². The van der Waals surface area contributed by atoms with E-state index in [1.54, 1.807) is 6.07 Å². The van der Waals surface area contributed by atoms with Gasteiger partial charge in [0.05, 0.1) is 12.1 Å². The molecule has 1 aromatic heterocycles. The van der Waals surface area contributed by atoms with E-state index in [0.29, 0.717) is 12.1 Å². The summed E-state index contributed by atoms with van der Waals surface area (Å²) in [7, 11) is 0. The molecule has 6 heteroatoms. The molecule has 4 rings (SSSR count). The minimum absolute atomic E-state index is 0.419. The Balaban J connectivity index is 1.79. The van der Waals surface area contributed by atoms with Gasteiger partial charge in [0, 0.05) is 23.2 Å². The fourth-order valence-electron chi connectivity index (χ4n) is 4.50. The molecule has 176 valence electrons. The number of primary amides is 1. The summed E-state index contributed by atoms with van der Waals surface area (Å²) >= 11 is 0. The normalized spacial score (nSPS) is 15.1. The number of carbonyl (C=O) groups is 1. The van der Waals surface area contributed by atoms with Gasteiger partial charge in [0.25, 0.3) is 0 Å². The summed E-state index contributed by atoms with van der Waals surface area (Å²) in [6, 6.07) is 18.0. The molecule has 2 aromatic carbocycles. The molecule has 0 saturated heterocycles. The maximum absolute atomic E-state index is 12.0. The second-order valence-corrected chi connectivity index (χ2v) is 8.68. The molecule has 6 nitrogen and oxygen atoms in total. The van der Waals surface area contributed by atoms with Crippen molar-refractivity contribution in [3.63, 3.8) is 0 Å². The van der Waals surface area contributed by atoms with Gasteiger partial charge in [-0.1, -0.05) is 48.9 Å². The van der Waals surface area contributed by atoms with E-state index in [0.717, 1.165) is 54.2 Å². The van der Waals surface area contributed by atoms with E-state index in [1.165, 1.54) is 16.7 Å². The summed E-state index contributed by atoms with van der Waals surface area (Å²) < 4.78 is 2.15. The SMILES string of the molecule is CC/C=C(/NC(=NCc1ccccc1)C1=C(C)CNCC1)n1c(C)cc2c(C(N)=O)cccc21. The lowest BCUT2D eigenvalue weighted by molar-refractivity contribution is 0.100. The molecule has 0 spiro atoms. The maximum Gasteiger partial charge on any atom is 0.249 e. The van der Waals surface area contributed by atoms with Crippen LogP contribution in [0.2, 0.25) is 0 Å². The highest BCUT2D eigenvalue weighted by atomic mass is 16.1. The minimum atomic E-state index is -0.419. The van der Waals surface area contributed by atoms with E-state index in [1.807, 2.05) is 43.3 Å². The molecule has 0 bridgehead atoms. The lowest BCUT2D eigenvalue weighted by Gasteiger charge is -2.24. The first-order valence-corrected chi connectivity index (χ1v) is 11.9. The molecule has 0 aliphatic carbocycles. The molecule has 1 aliphatic rings. The third kappa shape index (κ3) is 4.97. The van der Waals surface area contributed by atoms with Crippen molar-refractivity contribution >= 4 is 28.5 Å². The van der Waals surface area contributed by atoms with Crippen molar-refractivity contribution in [2.45, 2.75) is 40.2 Å². The van der Waals surface area contributed by atoms with Crippen LogP contribution in [0.1, 0.15) is 48.3 Å². The Bertz CT molecular complexity index is 1280. The lowest BCUT2D eigenvalue weighted by Crippen LogP contribution is -2.33. The number of carbonyl (C=O) groups excluding carboxylic acids is 1. The second kappa shape index (κ2) is 10.5. The molecule has 4 N–H and O–H groups in total. The molecule has 0 radical (unpaired) electrons. The highest BCUT2D eigenvalue weighted by Gasteiger charge is 2.19. The molecule has 0 saturated carbocycles. The van der Waals surface area contributed by atoms with Crippen LogP contribution in [0.15, 0.2) is 76.8 Å². The van der Waals surface area contributed by atoms with E-state index in [2.05, 4.69) is 47.3 Å². The number of amidine groups is 1. The number of aliphatic imine (C=N–C) groups is 1. The summed E-state index contributed by atoms with van der Waals surface area (Å²) in [5, 5.41) is 7.98. The van der Waals surface area contributed by atoms with Crippen molar-refractivity contribution in [2.75, 3.05) is 13.1 Å². The van der Waals surface area contributed by atoms with Crippen molar-refractivity contribution in [3.8, 4) is 0 Å². The second-order valence-electron chi connectivity index (χ2n) is 8.68. The van der Waals surface area contributed by atoms with Gasteiger partial charge in [-0.2, -0.15) is 0 Å². The van der Waals surface area contributed by atoms with E-state index >= 15 is 0 Å². The zero-order valence-corrected chi connectivity index (χ0v) is 20.2. The van der Waals surface area contributed by atoms with E-state index in [4.69, 9.17) is 10.7 Å². The van der Waals surface area contributed by atoms with Gasteiger partial charge in [0.2, 0.25) is 5.91 Å². The molecule has 34 heavy (non-hydrogen) atoms. The number of hydrogen-bond acceptors (Lipinski definition) is 3. The van der Waals surface area contributed by atoms with Crippen LogP contribution in [0.5, 0.6) is 0 Å². The Labute approximate surface area is 201 Å². The van der Waals surface area contributed by atoms with Gasteiger partial charge in [-0.3, -0.25) is 9.79 Å². The van der Waals surface area contributed by atoms with Crippen LogP contribution in [-0.4, -0.2) is 29.4 Å².